The molecule has 4 aromatic rings. The highest BCUT2D eigenvalue weighted by Crippen LogP contribution is 2.34. The summed E-state index contributed by atoms with van der Waals surface area (Å²) in [5, 5.41) is 11.3. The van der Waals surface area contributed by atoms with Gasteiger partial charge in [-0.05, 0) is 45.0 Å². The van der Waals surface area contributed by atoms with Gasteiger partial charge in [0.05, 0.1) is 27.6 Å². The average molecular weight is 406 g/mol. The summed E-state index contributed by atoms with van der Waals surface area (Å²) in [5.41, 5.74) is 5.61. The Morgan fingerprint density at radius 3 is 2.55 bits per heavy atom. The van der Waals surface area contributed by atoms with E-state index >= 15 is 0 Å². The Bertz CT molecular complexity index is 1160. The Morgan fingerprint density at radius 2 is 1.83 bits per heavy atom. The summed E-state index contributed by atoms with van der Waals surface area (Å²) >= 11 is 1.62. The lowest BCUT2D eigenvalue weighted by Gasteiger charge is -2.16. The van der Waals surface area contributed by atoms with Crippen molar-refractivity contribution in [1.29, 1.82) is 0 Å². The molecular formula is C22H23N5OS. The van der Waals surface area contributed by atoms with Crippen molar-refractivity contribution in [3.8, 4) is 10.6 Å². The fraction of sp³-hybridized carbons (Fsp3) is 0.227. The normalized spacial score (nSPS) is 12.1. The van der Waals surface area contributed by atoms with Gasteiger partial charge in [-0.15, -0.1) is 11.3 Å². The second-order valence-electron chi connectivity index (χ2n) is 7.06. The first-order valence-electron chi connectivity index (χ1n) is 9.46. The van der Waals surface area contributed by atoms with Crippen LogP contribution in [0, 0.1) is 13.8 Å². The van der Waals surface area contributed by atoms with Crippen LogP contribution in [0.1, 0.15) is 29.9 Å². The number of thiazole rings is 1. The quantitative estimate of drug-likeness (QED) is 0.490. The first-order valence-corrected chi connectivity index (χ1v) is 10.3. The van der Waals surface area contributed by atoms with Crippen molar-refractivity contribution in [3.05, 3.63) is 65.5 Å². The summed E-state index contributed by atoms with van der Waals surface area (Å²) in [7, 11) is 1.91. The van der Waals surface area contributed by atoms with Gasteiger partial charge in [0.25, 0.3) is 0 Å². The molecule has 0 saturated carbocycles. The highest BCUT2D eigenvalue weighted by atomic mass is 32.1. The van der Waals surface area contributed by atoms with Gasteiger partial charge in [0, 0.05) is 23.9 Å². The predicted octanol–water partition coefficient (Wildman–Crippen LogP) is 5.20. The van der Waals surface area contributed by atoms with Crippen LogP contribution in [-0.4, -0.2) is 20.8 Å². The van der Waals surface area contributed by atoms with Crippen molar-refractivity contribution < 1.29 is 4.79 Å². The first-order chi connectivity index (χ1) is 13.9. The molecule has 0 fully saturated rings. The van der Waals surface area contributed by atoms with Crippen LogP contribution in [0.25, 0.3) is 20.8 Å². The van der Waals surface area contributed by atoms with Crippen LogP contribution in [-0.2, 0) is 7.05 Å². The maximum absolute atomic E-state index is 12.7. The van der Waals surface area contributed by atoms with Gasteiger partial charge in [0.15, 0.2) is 0 Å². The molecule has 0 aliphatic rings. The van der Waals surface area contributed by atoms with Crippen LogP contribution in [0.4, 0.5) is 10.5 Å². The number of para-hydroxylation sites is 2. The number of hydrogen-bond donors (Lipinski definition) is 2. The van der Waals surface area contributed by atoms with Gasteiger partial charge in [-0.1, -0.05) is 24.3 Å². The van der Waals surface area contributed by atoms with Crippen molar-refractivity contribution in [1.82, 2.24) is 20.1 Å². The number of carbonyl (C=O) groups is 1. The summed E-state index contributed by atoms with van der Waals surface area (Å²) < 4.78 is 2.96. The lowest BCUT2D eigenvalue weighted by Crippen LogP contribution is -2.31. The predicted molar refractivity (Wildman–Crippen MR) is 118 cm³/mol. The number of benzene rings is 2. The molecule has 0 aliphatic heterocycles. The van der Waals surface area contributed by atoms with E-state index in [4.69, 9.17) is 4.98 Å². The molecule has 0 bridgehead atoms. The molecule has 0 unspecified atom stereocenters. The Kier molecular flexibility index (Phi) is 5.07. The lowest BCUT2D eigenvalue weighted by atomic mass is 10.1. The van der Waals surface area contributed by atoms with Crippen molar-refractivity contribution in [2.24, 2.45) is 7.05 Å². The van der Waals surface area contributed by atoms with E-state index < -0.39 is 0 Å². The highest BCUT2D eigenvalue weighted by molar-refractivity contribution is 7.21. The molecule has 2 amide bonds. The second kappa shape index (κ2) is 7.67. The number of rotatable bonds is 4. The fourth-order valence-corrected chi connectivity index (χ4v) is 4.62. The maximum Gasteiger partial charge on any atom is 0.319 e. The van der Waals surface area contributed by atoms with E-state index in [0.29, 0.717) is 0 Å². The van der Waals surface area contributed by atoms with Crippen molar-refractivity contribution in [2.75, 3.05) is 5.32 Å². The minimum Gasteiger partial charge on any atom is -0.331 e. The molecule has 4 rings (SSSR count). The average Bonchev–Trinajstić information content (AvgIpc) is 3.22. The number of fused-ring (bicyclic) bond motifs is 1. The fourth-order valence-electron chi connectivity index (χ4n) is 3.61. The molecule has 29 heavy (non-hydrogen) atoms. The molecule has 2 N–H and O–H groups in total. The first kappa shape index (κ1) is 19.1. The van der Waals surface area contributed by atoms with E-state index in [2.05, 4.69) is 21.8 Å². The summed E-state index contributed by atoms with van der Waals surface area (Å²) in [6, 6.07) is 15.4. The van der Waals surface area contributed by atoms with Gasteiger partial charge in [0.2, 0.25) is 0 Å². The number of urea groups is 1. The zero-order chi connectivity index (χ0) is 20.5. The molecule has 0 saturated heterocycles. The number of hydrogen-bond acceptors (Lipinski definition) is 4. The third-order valence-electron chi connectivity index (χ3n) is 5.05. The van der Waals surface area contributed by atoms with Crippen molar-refractivity contribution in [2.45, 2.75) is 26.8 Å². The largest absolute Gasteiger partial charge is 0.331 e. The third-order valence-corrected chi connectivity index (χ3v) is 6.11. The molecule has 2 aromatic heterocycles. The number of anilines is 1. The number of aryl methyl sites for hydroxylation is 2. The van der Waals surface area contributed by atoms with E-state index in [-0.39, 0.29) is 12.1 Å². The zero-order valence-corrected chi connectivity index (χ0v) is 17.7. The number of nitrogens with one attached hydrogen (secondary N) is 2. The Balaban J connectivity index is 1.56. The highest BCUT2D eigenvalue weighted by Gasteiger charge is 2.19. The Labute approximate surface area is 173 Å². The van der Waals surface area contributed by atoms with Crippen LogP contribution in [0.2, 0.25) is 0 Å². The van der Waals surface area contributed by atoms with Crippen LogP contribution in [0.3, 0.4) is 0 Å². The molecule has 2 aromatic carbocycles. The number of amides is 2. The van der Waals surface area contributed by atoms with Gasteiger partial charge in [-0.25, -0.2) is 9.78 Å². The SMILES string of the molecule is Cc1nn(C)c(C)c1[C@@H](C)NC(=O)Nc1ccccc1-c1nc2ccccc2s1. The van der Waals surface area contributed by atoms with Crippen molar-refractivity contribution >= 4 is 33.3 Å². The van der Waals surface area contributed by atoms with E-state index in [1.54, 1.807) is 11.3 Å². The summed E-state index contributed by atoms with van der Waals surface area (Å²) in [6.45, 7) is 5.94. The molecule has 7 heteroatoms. The van der Waals surface area contributed by atoms with Crippen molar-refractivity contribution in [3.63, 3.8) is 0 Å². The number of carbonyl (C=O) groups excluding carboxylic acids is 1. The molecular weight excluding hydrogens is 382 g/mol. The van der Waals surface area contributed by atoms with Crippen LogP contribution in [0.15, 0.2) is 48.5 Å². The monoisotopic (exact) mass is 405 g/mol. The smallest absolute Gasteiger partial charge is 0.319 e. The Morgan fingerprint density at radius 1 is 1.10 bits per heavy atom. The molecule has 2 heterocycles. The summed E-state index contributed by atoms with van der Waals surface area (Å²) in [6.07, 6.45) is 0. The molecule has 6 nitrogen and oxygen atoms in total. The van der Waals surface area contributed by atoms with E-state index in [9.17, 15) is 4.79 Å². The molecule has 0 spiro atoms. The lowest BCUT2D eigenvalue weighted by molar-refractivity contribution is 0.249. The topological polar surface area (TPSA) is 71.8 Å². The summed E-state index contributed by atoms with van der Waals surface area (Å²) in [5.74, 6) is 0. The maximum atomic E-state index is 12.7. The minimum atomic E-state index is -0.256. The second-order valence-corrected chi connectivity index (χ2v) is 8.09. The van der Waals surface area contributed by atoms with Gasteiger partial charge >= 0.3 is 6.03 Å². The molecule has 1 atom stereocenters. The molecule has 148 valence electrons. The van der Waals surface area contributed by atoms with Crippen LogP contribution in [0.5, 0.6) is 0 Å². The van der Waals surface area contributed by atoms with Gasteiger partial charge < -0.3 is 10.6 Å². The zero-order valence-electron chi connectivity index (χ0n) is 16.9. The number of nitrogens with zero attached hydrogens (tertiary/aromatic N) is 3. The van der Waals surface area contributed by atoms with E-state index in [1.807, 2.05) is 75.0 Å². The van der Waals surface area contributed by atoms with E-state index in [1.165, 1.54) is 0 Å². The molecule has 0 radical (unpaired) electrons. The van der Waals surface area contributed by atoms with E-state index in [0.717, 1.165) is 43.4 Å². The molecule has 0 aliphatic carbocycles. The van der Waals surface area contributed by atoms with Gasteiger partial charge in [-0.2, -0.15) is 5.10 Å². The van der Waals surface area contributed by atoms with Gasteiger partial charge in [-0.3, -0.25) is 4.68 Å². The van der Waals surface area contributed by atoms with Crippen LogP contribution >= 0.6 is 11.3 Å². The summed E-state index contributed by atoms with van der Waals surface area (Å²) in [4.78, 5) is 17.4. The minimum absolute atomic E-state index is 0.154. The number of aromatic nitrogens is 3. The standard InChI is InChI=1S/C22H23N5OS/c1-13(20-14(2)26-27(4)15(20)3)23-22(28)25-17-10-6-5-9-16(17)21-24-18-11-7-8-12-19(18)29-21/h5-13H,1-4H3,(H2,23,25,28)/t13-/m1/s1. The van der Waals surface area contributed by atoms with Crippen LogP contribution < -0.4 is 10.6 Å². The third kappa shape index (κ3) is 3.73. The Hall–Kier alpha value is -3.19. The van der Waals surface area contributed by atoms with Gasteiger partial charge in [0.1, 0.15) is 5.01 Å².